The Bertz CT molecular complexity index is 449. The van der Waals surface area contributed by atoms with Crippen molar-refractivity contribution in [3.8, 4) is 0 Å². The summed E-state index contributed by atoms with van der Waals surface area (Å²) in [4.78, 5) is 0. The van der Waals surface area contributed by atoms with E-state index in [-0.39, 0.29) is 0 Å². The van der Waals surface area contributed by atoms with Crippen molar-refractivity contribution in [3.05, 3.63) is 35.4 Å². The molecule has 3 unspecified atom stereocenters. The molecule has 3 rings (SSSR count). The van der Waals surface area contributed by atoms with Crippen molar-refractivity contribution in [2.45, 2.75) is 64.3 Å². The fraction of sp³-hybridized carbons (Fsp3) is 0.667. The summed E-state index contributed by atoms with van der Waals surface area (Å²) >= 11 is 0. The van der Waals surface area contributed by atoms with Gasteiger partial charge >= 0.3 is 0 Å². The van der Waals surface area contributed by atoms with Crippen LogP contribution in [0.1, 0.15) is 63.0 Å². The number of fused-ring (bicyclic) bond motifs is 1. The van der Waals surface area contributed by atoms with Crippen LogP contribution in [0.2, 0.25) is 0 Å². The van der Waals surface area contributed by atoms with Crippen LogP contribution in [0.3, 0.4) is 0 Å². The minimum atomic E-state index is 0.383. The monoisotopic (exact) mass is 257 g/mol. The van der Waals surface area contributed by atoms with Crippen molar-refractivity contribution in [1.82, 2.24) is 0 Å². The molecule has 0 spiro atoms. The van der Waals surface area contributed by atoms with Gasteiger partial charge in [-0.05, 0) is 54.1 Å². The van der Waals surface area contributed by atoms with Gasteiger partial charge in [-0.3, -0.25) is 0 Å². The lowest BCUT2D eigenvalue weighted by Crippen LogP contribution is -2.43. The van der Waals surface area contributed by atoms with Crippen molar-refractivity contribution in [3.63, 3.8) is 0 Å². The molecule has 0 heterocycles. The molecule has 3 atom stereocenters. The summed E-state index contributed by atoms with van der Waals surface area (Å²) in [6, 6.07) is 9.26. The lowest BCUT2D eigenvalue weighted by atomic mass is 9.63. The molecule has 2 aliphatic carbocycles. The van der Waals surface area contributed by atoms with E-state index in [0.717, 1.165) is 5.92 Å². The highest BCUT2D eigenvalue weighted by Crippen LogP contribution is 2.45. The van der Waals surface area contributed by atoms with Crippen LogP contribution in [0.4, 0.5) is 0 Å². The van der Waals surface area contributed by atoms with Crippen LogP contribution in [-0.2, 0) is 6.42 Å². The molecule has 19 heavy (non-hydrogen) atoms. The Kier molecular flexibility index (Phi) is 3.42. The first-order valence-corrected chi connectivity index (χ1v) is 7.91. The SMILES string of the molecule is CC1(C)CCCCC1C(N)CC1Cc2ccccc21. The van der Waals surface area contributed by atoms with E-state index >= 15 is 0 Å². The summed E-state index contributed by atoms with van der Waals surface area (Å²) in [5, 5.41) is 0. The van der Waals surface area contributed by atoms with Gasteiger partial charge in [0.25, 0.3) is 0 Å². The normalized spacial score (nSPS) is 30.3. The third-order valence-electron chi connectivity index (χ3n) is 5.62. The largest absolute Gasteiger partial charge is 0.327 e. The van der Waals surface area contributed by atoms with Crippen molar-refractivity contribution < 1.29 is 0 Å². The molecule has 1 aromatic carbocycles. The van der Waals surface area contributed by atoms with Crippen LogP contribution in [-0.4, -0.2) is 6.04 Å². The second kappa shape index (κ2) is 4.94. The van der Waals surface area contributed by atoms with Gasteiger partial charge < -0.3 is 5.73 Å². The second-order valence-electron chi connectivity index (χ2n) is 7.34. The maximum absolute atomic E-state index is 6.59. The molecule has 0 aromatic heterocycles. The van der Waals surface area contributed by atoms with Crippen molar-refractivity contribution in [1.29, 1.82) is 0 Å². The van der Waals surface area contributed by atoms with E-state index in [1.165, 1.54) is 38.5 Å². The van der Waals surface area contributed by atoms with E-state index < -0.39 is 0 Å². The molecule has 2 N–H and O–H groups in total. The molecule has 0 saturated heterocycles. The average molecular weight is 257 g/mol. The lowest BCUT2D eigenvalue weighted by molar-refractivity contribution is 0.106. The van der Waals surface area contributed by atoms with Gasteiger partial charge in [-0.25, -0.2) is 0 Å². The highest BCUT2D eigenvalue weighted by Gasteiger charge is 2.38. The van der Waals surface area contributed by atoms with Crippen molar-refractivity contribution in [2.75, 3.05) is 0 Å². The molecular formula is C18H27N. The number of rotatable bonds is 3. The summed E-state index contributed by atoms with van der Waals surface area (Å²) in [5.74, 6) is 1.44. The fourth-order valence-corrected chi connectivity index (χ4v) is 4.38. The molecule has 0 bridgehead atoms. The van der Waals surface area contributed by atoms with Gasteiger partial charge in [0.15, 0.2) is 0 Å². The maximum Gasteiger partial charge on any atom is 0.00781 e. The van der Waals surface area contributed by atoms with Crippen LogP contribution in [0.25, 0.3) is 0 Å². The molecule has 1 fully saturated rings. The Morgan fingerprint density at radius 2 is 2.05 bits per heavy atom. The first-order chi connectivity index (χ1) is 9.08. The third-order valence-corrected chi connectivity index (χ3v) is 5.62. The third kappa shape index (κ3) is 2.45. The van der Waals surface area contributed by atoms with Crippen LogP contribution in [0, 0.1) is 11.3 Å². The van der Waals surface area contributed by atoms with Crippen molar-refractivity contribution >= 4 is 0 Å². The molecule has 1 saturated carbocycles. The summed E-state index contributed by atoms with van der Waals surface area (Å²) in [6.07, 6.45) is 7.89. The standard InChI is InChI=1S/C18H27N/c1-18(2)10-6-5-9-16(18)17(19)12-14-11-13-7-3-4-8-15(13)14/h3-4,7-8,14,16-17H,5-6,9-12,19H2,1-2H3. The summed E-state index contributed by atoms with van der Waals surface area (Å²) in [6.45, 7) is 4.84. The van der Waals surface area contributed by atoms with E-state index in [0.29, 0.717) is 17.4 Å². The molecule has 104 valence electrons. The zero-order valence-electron chi connectivity index (χ0n) is 12.4. The Morgan fingerprint density at radius 3 is 2.79 bits per heavy atom. The van der Waals surface area contributed by atoms with E-state index in [4.69, 9.17) is 5.73 Å². The van der Waals surface area contributed by atoms with Gasteiger partial charge in [0.2, 0.25) is 0 Å². The number of nitrogens with two attached hydrogens (primary N) is 1. The average Bonchev–Trinajstić information content (AvgIpc) is 2.35. The lowest BCUT2D eigenvalue weighted by Gasteiger charge is -2.44. The Balaban J connectivity index is 1.65. The topological polar surface area (TPSA) is 26.0 Å². The van der Waals surface area contributed by atoms with Crippen LogP contribution >= 0.6 is 0 Å². The van der Waals surface area contributed by atoms with Crippen molar-refractivity contribution in [2.24, 2.45) is 17.1 Å². The molecule has 1 aromatic rings. The molecule has 2 aliphatic rings. The molecule has 1 nitrogen and oxygen atoms in total. The molecule has 0 amide bonds. The Morgan fingerprint density at radius 1 is 1.26 bits per heavy atom. The predicted molar refractivity (Wildman–Crippen MR) is 81.2 cm³/mol. The second-order valence-corrected chi connectivity index (χ2v) is 7.34. The zero-order chi connectivity index (χ0) is 13.5. The van der Waals surface area contributed by atoms with E-state index in [2.05, 4.69) is 38.1 Å². The van der Waals surface area contributed by atoms with E-state index in [1.54, 1.807) is 11.1 Å². The molecular weight excluding hydrogens is 230 g/mol. The Hall–Kier alpha value is -0.820. The van der Waals surface area contributed by atoms with E-state index in [9.17, 15) is 0 Å². The minimum absolute atomic E-state index is 0.383. The fourth-order valence-electron chi connectivity index (χ4n) is 4.38. The van der Waals surface area contributed by atoms with Gasteiger partial charge in [0.1, 0.15) is 0 Å². The van der Waals surface area contributed by atoms with Gasteiger partial charge in [-0.15, -0.1) is 0 Å². The maximum atomic E-state index is 6.59. The first kappa shape index (κ1) is 13.2. The highest BCUT2D eigenvalue weighted by molar-refractivity contribution is 5.39. The molecule has 0 radical (unpaired) electrons. The minimum Gasteiger partial charge on any atom is -0.327 e. The number of hydrogen-bond donors (Lipinski definition) is 1. The summed E-state index contributed by atoms with van der Waals surface area (Å²) in [7, 11) is 0. The predicted octanol–water partition coefficient (Wildman–Crippen LogP) is 4.26. The van der Waals surface area contributed by atoms with Gasteiger partial charge in [0, 0.05) is 6.04 Å². The summed E-state index contributed by atoms with van der Waals surface area (Å²) < 4.78 is 0. The number of benzene rings is 1. The molecule has 0 aliphatic heterocycles. The molecule has 1 heteroatoms. The smallest absolute Gasteiger partial charge is 0.00781 e. The van der Waals surface area contributed by atoms with Gasteiger partial charge in [0.05, 0.1) is 0 Å². The van der Waals surface area contributed by atoms with Gasteiger partial charge in [-0.2, -0.15) is 0 Å². The first-order valence-electron chi connectivity index (χ1n) is 7.91. The van der Waals surface area contributed by atoms with Crippen LogP contribution in [0.5, 0.6) is 0 Å². The van der Waals surface area contributed by atoms with Crippen LogP contribution < -0.4 is 5.73 Å². The summed E-state index contributed by atoms with van der Waals surface area (Å²) in [5.41, 5.74) is 10.1. The zero-order valence-corrected chi connectivity index (χ0v) is 12.4. The highest BCUT2D eigenvalue weighted by atomic mass is 14.7. The van der Waals surface area contributed by atoms with Gasteiger partial charge in [-0.1, -0.05) is 51.0 Å². The number of hydrogen-bond acceptors (Lipinski definition) is 1. The van der Waals surface area contributed by atoms with E-state index in [1.807, 2.05) is 0 Å². The quantitative estimate of drug-likeness (QED) is 0.860. The van der Waals surface area contributed by atoms with Crippen LogP contribution in [0.15, 0.2) is 24.3 Å². The Labute approximate surface area is 117 Å².